The third-order valence-corrected chi connectivity index (χ3v) is 19.3. The molecule has 0 spiro atoms. The van der Waals surface area contributed by atoms with Gasteiger partial charge < -0.3 is 14.7 Å². The minimum absolute atomic E-state index is 0.0495. The molecular weight excluding hydrogens is 954 g/mol. The Morgan fingerprint density at radius 3 is 1.22 bits per heavy atom. The zero-order valence-corrected chi connectivity index (χ0v) is 44.7. The smallest absolute Gasteiger partial charge is 0.253 e. The molecule has 11 aromatic carbocycles. The summed E-state index contributed by atoms with van der Waals surface area (Å²) in [7, 11) is 0. The third-order valence-electron chi connectivity index (χ3n) is 19.3. The van der Waals surface area contributed by atoms with Crippen LogP contribution in [0, 0.1) is 0 Å². The Morgan fingerprint density at radius 1 is 0.316 bits per heavy atom. The molecule has 376 valence electrons. The maximum Gasteiger partial charge on any atom is 0.253 e. The van der Waals surface area contributed by atoms with Gasteiger partial charge in [-0.2, -0.15) is 0 Å². The second-order valence-electron chi connectivity index (χ2n) is 23.0. The Morgan fingerprint density at radius 2 is 0.734 bits per heavy atom. The molecule has 2 atom stereocenters. The van der Waals surface area contributed by atoms with Crippen molar-refractivity contribution in [3.8, 4) is 33.4 Å². The second-order valence-corrected chi connectivity index (χ2v) is 23.0. The summed E-state index contributed by atoms with van der Waals surface area (Å²) in [6.45, 7) is 5.11. The van der Waals surface area contributed by atoms with Crippen LogP contribution in [0.2, 0.25) is 0 Å². The molecule has 11 aromatic rings. The molecule has 4 aliphatic heterocycles. The minimum atomic E-state index is -0.631. The van der Waals surface area contributed by atoms with Gasteiger partial charge in [-0.3, -0.25) is 0 Å². The summed E-state index contributed by atoms with van der Waals surface area (Å²) in [5.74, 6) is 0. The van der Waals surface area contributed by atoms with Crippen LogP contribution in [0.25, 0.3) is 33.4 Å². The SMILES string of the molecule is CC12CCCCC1(C)N(c1cc3c4c(c1)N(c1ccc(-c5ccccc5)cc1)c1cccc5c1B4c1c(cccc1C5(c1ccccc1)c1ccccc1)N3c1ccc(-c3ccccc3)cc1)c1ccc(-c3ccccc3)cc12. The van der Waals surface area contributed by atoms with Crippen LogP contribution in [0.3, 0.4) is 0 Å². The van der Waals surface area contributed by atoms with E-state index in [1.165, 1.54) is 125 Å². The Kier molecular flexibility index (Phi) is 10.2. The van der Waals surface area contributed by atoms with Gasteiger partial charge in [0, 0.05) is 50.9 Å². The minimum Gasteiger partial charge on any atom is -0.334 e. The van der Waals surface area contributed by atoms with Gasteiger partial charge in [0.15, 0.2) is 0 Å². The Bertz CT molecular complexity index is 3960. The van der Waals surface area contributed by atoms with E-state index in [-0.39, 0.29) is 17.7 Å². The van der Waals surface area contributed by atoms with Gasteiger partial charge in [0.1, 0.15) is 0 Å². The summed E-state index contributed by atoms with van der Waals surface area (Å²) in [4.78, 5) is 8.08. The lowest BCUT2D eigenvalue weighted by Crippen LogP contribution is -2.68. The fourth-order valence-electron chi connectivity index (χ4n) is 15.5. The average Bonchev–Trinajstić information content (AvgIpc) is 3.22. The second kappa shape index (κ2) is 17.4. The first-order valence-corrected chi connectivity index (χ1v) is 28.4. The molecule has 4 heterocycles. The van der Waals surface area contributed by atoms with E-state index in [9.17, 15) is 0 Å². The summed E-state index contributed by atoms with van der Waals surface area (Å²) in [5.41, 5.74) is 26.9. The molecule has 0 saturated heterocycles. The highest BCUT2D eigenvalue weighted by atomic mass is 15.3. The summed E-state index contributed by atoms with van der Waals surface area (Å²) in [5, 5.41) is 0. The van der Waals surface area contributed by atoms with Crippen LogP contribution >= 0.6 is 0 Å². The van der Waals surface area contributed by atoms with Crippen molar-refractivity contribution < 1.29 is 0 Å². The fraction of sp³-hybridized carbons (Fsp3) is 0.120. The molecule has 4 heteroatoms. The van der Waals surface area contributed by atoms with E-state index >= 15 is 0 Å². The first kappa shape index (κ1) is 46.0. The van der Waals surface area contributed by atoms with E-state index < -0.39 is 5.41 Å². The van der Waals surface area contributed by atoms with Crippen LogP contribution in [0.15, 0.2) is 267 Å². The molecule has 79 heavy (non-hydrogen) atoms. The monoisotopic (exact) mass is 1010 g/mol. The van der Waals surface area contributed by atoms with E-state index in [0.29, 0.717) is 0 Å². The zero-order valence-electron chi connectivity index (χ0n) is 44.7. The first-order chi connectivity index (χ1) is 38.9. The quantitative estimate of drug-likeness (QED) is 0.140. The highest BCUT2D eigenvalue weighted by Crippen LogP contribution is 2.63. The maximum absolute atomic E-state index is 2.80. The van der Waals surface area contributed by atoms with Crippen LogP contribution in [0.4, 0.5) is 45.5 Å². The van der Waals surface area contributed by atoms with Crippen LogP contribution in [0.1, 0.15) is 67.3 Å². The molecular formula is C75H58BN3. The summed E-state index contributed by atoms with van der Waals surface area (Å²) in [6, 6.07) is 101. The molecule has 0 radical (unpaired) electrons. The van der Waals surface area contributed by atoms with E-state index in [1.807, 2.05) is 0 Å². The lowest BCUT2D eigenvalue weighted by Gasteiger charge is -2.53. The van der Waals surface area contributed by atoms with Crippen molar-refractivity contribution in [3.63, 3.8) is 0 Å². The van der Waals surface area contributed by atoms with Crippen molar-refractivity contribution in [2.24, 2.45) is 0 Å². The largest absolute Gasteiger partial charge is 0.334 e. The Labute approximate surface area is 464 Å². The molecule has 1 aliphatic carbocycles. The van der Waals surface area contributed by atoms with Gasteiger partial charge in [-0.15, -0.1) is 0 Å². The van der Waals surface area contributed by atoms with Gasteiger partial charge >= 0.3 is 0 Å². The van der Waals surface area contributed by atoms with Gasteiger partial charge in [-0.1, -0.05) is 226 Å². The van der Waals surface area contributed by atoms with Crippen molar-refractivity contribution in [3.05, 3.63) is 295 Å². The molecule has 2 unspecified atom stereocenters. The van der Waals surface area contributed by atoms with Crippen LogP contribution < -0.4 is 31.1 Å². The number of hydrogen-bond donors (Lipinski definition) is 0. The van der Waals surface area contributed by atoms with Gasteiger partial charge in [-0.05, 0) is 158 Å². The maximum atomic E-state index is 2.80. The van der Waals surface area contributed by atoms with Crippen molar-refractivity contribution in [1.29, 1.82) is 0 Å². The lowest BCUT2D eigenvalue weighted by atomic mass is 9.28. The molecule has 0 amide bonds. The average molecular weight is 1010 g/mol. The van der Waals surface area contributed by atoms with Gasteiger partial charge in [0.2, 0.25) is 0 Å². The van der Waals surface area contributed by atoms with Crippen LogP contribution in [-0.4, -0.2) is 12.3 Å². The van der Waals surface area contributed by atoms with E-state index in [4.69, 9.17) is 0 Å². The number of fused-ring (bicyclic) bond motifs is 3. The summed E-state index contributed by atoms with van der Waals surface area (Å²) < 4.78 is 0. The van der Waals surface area contributed by atoms with Gasteiger partial charge in [0.25, 0.3) is 6.71 Å². The van der Waals surface area contributed by atoms with Crippen LogP contribution in [-0.2, 0) is 10.8 Å². The highest BCUT2D eigenvalue weighted by molar-refractivity contribution is 7.01. The third kappa shape index (κ3) is 6.49. The van der Waals surface area contributed by atoms with Crippen molar-refractivity contribution >= 4 is 68.6 Å². The number of rotatable bonds is 8. The standard InChI is InChI=1S/C75H58BN3/c1-73-46-18-19-47-74(73,2)79(65-45-40-56(48-64(65)73)53-26-12-5-13-27-53)61-49-68-72-69(50-61)78(60-43-38-55(39-44-60)52-24-10-4-11-25-52)67-35-21-33-63-71(67)76(72)70-62(75(63,57-28-14-6-15-29-57)58-30-16-7-17-31-58)32-20-34-66(70)77(68)59-41-36-54(37-42-59)51-22-8-3-9-23-51/h3-17,20-45,48-50H,18-19,46-47H2,1-2H3. The number of benzene rings is 11. The predicted molar refractivity (Wildman–Crippen MR) is 331 cm³/mol. The molecule has 0 N–H and O–H groups in total. The van der Waals surface area contributed by atoms with E-state index in [2.05, 4.69) is 295 Å². The topological polar surface area (TPSA) is 9.72 Å². The number of anilines is 8. The Hall–Kier alpha value is -9.12. The lowest BCUT2D eigenvalue weighted by molar-refractivity contribution is 0.195. The van der Waals surface area contributed by atoms with Crippen molar-refractivity contribution in [1.82, 2.24) is 0 Å². The normalized spacial score (nSPS) is 18.7. The molecule has 5 aliphatic rings. The fourth-order valence-corrected chi connectivity index (χ4v) is 15.5. The van der Waals surface area contributed by atoms with Gasteiger partial charge in [0.05, 0.1) is 11.0 Å². The number of nitrogens with zero attached hydrogens (tertiary/aromatic N) is 3. The molecule has 16 rings (SSSR count). The van der Waals surface area contributed by atoms with Crippen molar-refractivity contribution in [2.45, 2.75) is 55.9 Å². The molecule has 0 aromatic heterocycles. The zero-order chi connectivity index (χ0) is 52.5. The molecule has 3 nitrogen and oxygen atoms in total. The Balaban J connectivity index is 1.02. The summed E-state index contributed by atoms with van der Waals surface area (Å²) >= 11 is 0. The van der Waals surface area contributed by atoms with E-state index in [0.717, 1.165) is 24.2 Å². The first-order valence-electron chi connectivity index (χ1n) is 28.4. The summed E-state index contributed by atoms with van der Waals surface area (Å²) in [6.07, 6.45) is 4.65. The number of hydrogen-bond acceptors (Lipinski definition) is 3. The van der Waals surface area contributed by atoms with E-state index in [1.54, 1.807) is 0 Å². The predicted octanol–water partition coefficient (Wildman–Crippen LogP) is 17.2. The van der Waals surface area contributed by atoms with Gasteiger partial charge in [-0.25, -0.2) is 0 Å². The molecule has 1 fully saturated rings. The highest BCUT2D eigenvalue weighted by Gasteiger charge is 2.59. The molecule has 0 bridgehead atoms. The molecule has 1 saturated carbocycles. The van der Waals surface area contributed by atoms with Crippen LogP contribution in [0.5, 0.6) is 0 Å². The van der Waals surface area contributed by atoms with Crippen molar-refractivity contribution in [2.75, 3.05) is 14.7 Å².